The van der Waals surface area contributed by atoms with Crippen molar-refractivity contribution < 1.29 is 19.1 Å². The molecule has 1 fully saturated rings. The Bertz CT molecular complexity index is 788. The summed E-state index contributed by atoms with van der Waals surface area (Å²) in [6.07, 6.45) is -1.68. The zero-order valence-electron chi connectivity index (χ0n) is 16.7. The van der Waals surface area contributed by atoms with Gasteiger partial charge in [-0.25, -0.2) is 15.0 Å². The van der Waals surface area contributed by atoms with Gasteiger partial charge in [0.1, 0.15) is 37.4 Å². The van der Waals surface area contributed by atoms with E-state index in [1.165, 1.54) is 6.33 Å². The molecule has 10 heteroatoms. The van der Waals surface area contributed by atoms with E-state index >= 15 is 0 Å². The highest BCUT2D eigenvalue weighted by molar-refractivity contribution is 7.95. The molecule has 0 radical (unpaired) electrons. The molecule has 0 bridgehead atoms. The van der Waals surface area contributed by atoms with Crippen LogP contribution in [0.25, 0.3) is 11.2 Å². The van der Waals surface area contributed by atoms with Crippen LogP contribution in [0.15, 0.2) is 6.33 Å². The Balaban J connectivity index is 1.82. The smallest absolute Gasteiger partial charge is 0.211 e. The fourth-order valence-electron chi connectivity index (χ4n) is 2.61. The second-order valence-corrected chi connectivity index (χ2v) is 6.05. The lowest BCUT2D eigenvalue weighted by molar-refractivity contribution is -0.0453. The molecular weight excluding hydrogens is 319 g/mol. The van der Waals surface area contributed by atoms with E-state index in [4.69, 9.17) is 24.7 Å². The first-order chi connectivity index (χ1) is 13.0. The van der Waals surface area contributed by atoms with Crippen LogP contribution < -0.4 is 0 Å². The number of rotatable bonds is 8. The largest absolute Gasteiger partial charge is 0.387 e. The van der Waals surface area contributed by atoms with E-state index in [1.54, 1.807) is 11.5 Å². The van der Waals surface area contributed by atoms with Crippen molar-refractivity contribution in [3.63, 3.8) is 0 Å². The summed E-state index contributed by atoms with van der Waals surface area (Å²) in [6.45, 7) is 3.65. The Morgan fingerprint density at radius 3 is 3.22 bits per heavy atom. The Labute approximate surface area is 144 Å². The quantitative estimate of drug-likeness (QED) is 0.369. The summed E-state index contributed by atoms with van der Waals surface area (Å²) in [5, 5.41) is 9.54. The van der Waals surface area contributed by atoms with Gasteiger partial charge in [0, 0.05) is 0 Å². The second-order valence-electron chi connectivity index (χ2n) is 5.24. The van der Waals surface area contributed by atoms with Crippen LogP contribution in [-0.2, 0) is 8.92 Å². The fraction of sp³-hybridized carbons (Fsp3) is 0.615. The topological polar surface area (TPSA) is 103 Å². The van der Waals surface area contributed by atoms with Crippen molar-refractivity contribution in [1.29, 1.82) is 5.53 Å². The molecule has 0 spiro atoms. The van der Waals surface area contributed by atoms with Crippen molar-refractivity contribution in [2.75, 3.05) is 12.3 Å². The van der Waals surface area contributed by atoms with E-state index in [-0.39, 0.29) is 12.3 Å². The van der Waals surface area contributed by atoms with Gasteiger partial charge in [0.2, 0.25) is 2.86 Å². The molecule has 2 aromatic rings. The average Bonchev–Trinajstić information content (AvgIpc) is 3.18. The number of aryl methyl sites for hydroxylation is 2. The first-order valence-corrected chi connectivity index (χ1v) is 8.03. The summed E-state index contributed by atoms with van der Waals surface area (Å²) in [7, 11) is -0.997. The van der Waals surface area contributed by atoms with Crippen molar-refractivity contribution >= 4 is 31.0 Å². The van der Waals surface area contributed by atoms with Gasteiger partial charge in [-0.2, -0.15) is 0 Å². The number of nitrogens with zero attached hydrogens (tertiary/aromatic N) is 4. The summed E-state index contributed by atoms with van der Waals surface area (Å²) >= 11 is 0.975. The zero-order valence-corrected chi connectivity index (χ0v) is 13.5. The normalized spacial score (nSPS) is 30.0. The van der Waals surface area contributed by atoms with Crippen LogP contribution >= 0.6 is 12.0 Å². The molecule has 2 aromatic heterocycles. The van der Waals surface area contributed by atoms with E-state index in [0.29, 0.717) is 17.0 Å². The second kappa shape index (κ2) is 6.74. The summed E-state index contributed by atoms with van der Waals surface area (Å²) in [6, 6.07) is 0. The number of aliphatic hydroxyl groups excluding tert-OH is 2. The molecule has 1 aliphatic heterocycles. The van der Waals surface area contributed by atoms with Crippen LogP contribution in [0.4, 0.5) is 0 Å². The number of aliphatic hydroxyl groups is 2. The van der Waals surface area contributed by atoms with Crippen LogP contribution in [0.3, 0.4) is 0 Å². The number of fused-ring (bicyclic) bond motifs is 1. The third-order valence-corrected chi connectivity index (χ3v) is 4.09. The Morgan fingerprint density at radius 2 is 2.43 bits per heavy atom. The van der Waals surface area contributed by atoms with E-state index in [2.05, 4.69) is 15.0 Å². The third kappa shape index (κ3) is 3.09. The maximum atomic E-state index is 7.41. The standard InChI is InChI=1S/C13H19BN4O4S/c1-6-9-12(17-7(2)16-6)18(5-15-9)13-11(20)10(19)8(22-13)3-21-23-4-14/h5,8,10-11,13,19-20H,3-4,14H2,1-2H3/t8-,10-,11-,13?/m1/s1/i14TD,19T,20T. The molecule has 2 N–H and O–H groups in total. The number of imidazole rings is 1. The number of hydrogen-bond acceptors (Lipinski definition) is 8. The minimum atomic E-state index is -0.997. The number of ether oxygens (including phenoxy) is 1. The molecule has 0 aromatic carbocycles. The van der Waals surface area contributed by atoms with Gasteiger partial charge in [-0.05, 0) is 34.2 Å². The Kier molecular flexibility index (Phi) is 3.58. The highest BCUT2D eigenvalue weighted by atomic mass is 32.2. The van der Waals surface area contributed by atoms with Crippen LogP contribution in [0.1, 0.15) is 17.7 Å². The highest BCUT2D eigenvalue weighted by Gasteiger charge is 2.44. The Hall–Kier alpha value is -1.20. The van der Waals surface area contributed by atoms with E-state index in [1.807, 2.05) is 6.92 Å². The summed E-state index contributed by atoms with van der Waals surface area (Å²) < 4.78 is 42.0. The van der Waals surface area contributed by atoms with Crippen molar-refractivity contribution in [3.05, 3.63) is 17.8 Å². The lowest BCUT2D eigenvalue weighted by Crippen LogP contribution is -2.33. The SMILES string of the molecule is [2H]B([3H])CSOC[C@H]1OC(n2cnc3c(C)nc(C)nc32)[C@H](O[3H])[C@@H]1O[3H]. The van der Waals surface area contributed by atoms with Crippen LogP contribution in [-0.4, -0.2) is 73.6 Å². The van der Waals surface area contributed by atoms with Crippen molar-refractivity contribution in [1.82, 2.24) is 19.5 Å². The maximum absolute atomic E-state index is 7.41. The molecule has 124 valence electrons. The van der Waals surface area contributed by atoms with Crippen molar-refractivity contribution in [2.45, 2.75) is 38.4 Å². The van der Waals surface area contributed by atoms with Gasteiger partial charge in [0.05, 0.1) is 18.6 Å². The molecule has 4 atom stereocenters. The molecule has 0 amide bonds. The van der Waals surface area contributed by atoms with Crippen LogP contribution in [0.5, 0.6) is 0 Å². The summed E-state index contributed by atoms with van der Waals surface area (Å²) in [5.74, 6) is 0.577. The van der Waals surface area contributed by atoms with Crippen LogP contribution in [0.2, 0.25) is 0 Å². The minimum Gasteiger partial charge on any atom is -0.387 e. The maximum Gasteiger partial charge on any atom is 0.211 e. The molecule has 0 saturated carbocycles. The molecule has 3 heterocycles. The van der Waals surface area contributed by atoms with E-state index in [9.17, 15) is 0 Å². The zero-order chi connectivity index (χ0) is 19.6. The third-order valence-electron chi connectivity index (χ3n) is 3.65. The molecule has 1 aliphatic rings. The Morgan fingerprint density at radius 1 is 1.57 bits per heavy atom. The first-order valence-electron chi connectivity index (χ1n) is 9.09. The lowest BCUT2D eigenvalue weighted by atomic mass is 10.1. The van der Waals surface area contributed by atoms with Gasteiger partial charge in [-0.3, -0.25) is 4.57 Å². The van der Waals surface area contributed by atoms with E-state index in [0.717, 1.165) is 17.7 Å². The molecule has 8 nitrogen and oxygen atoms in total. The molecule has 1 unspecified atom stereocenters. The predicted octanol–water partition coefficient (Wildman–Crippen LogP) is -0.682. The highest BCUT2D eigenvalue weighted by Crippen LogP contribution is 2.32. The van der Waals surface area contributed by atoms with Gasteiger partial charge in [0.25, 0.3) is 0 Å². The summed E-state index contributed by atoms with van der Waals surface area (Å²) in [4.78, 5) is 13.0. The first kappa shape index (κ1) is 12.2. The molecule has 23 heavy (non-hydrogen) atoms. The van der Waals surface area contributed by atoms with Crippen LogP contribution in [0, 0.1) is 13.8 Å². The van der Waals surface area contributed by atoms with Gasteiger partial charge in [-0.15, -0.1) is 0 Å². The number of hydrogen-bond donors (Lipinski definition) is 2. The summed E-state index contributed by atoms with van der Waals surface area (Å²) in [5.41, 5.74) is 2.06. The van der Waals surface area contributed by atoms with Crippen molar-refractivity contribution in [2.24, 2.45) is 0 Å². The van der Waals surface area contributed by atoms with E-state index < -0.39 is 32.3 Å². The minimum absolute atomic E-state index is 0.0525. The molecule has 3 rings (SSSR count). The monoisotopic (exact) mass is 345 g/mol. The molecular formula is C13H19BN4O4S. The van der Waals surface area contributed by atoms with Gasteiger partial charge >= 0.3 is 0 Å². The molecule has 0 aliphatic carbocycles. The van der Waals surface area contributed by atoms with Gasteiger partial charge in [0.15, 0.2) is 11.9 Å². The van der Waals surface area contributed by atoms with Gasteiger partial charge in [-0.1, -0.05) is 0 Å². The predicted molar refractivity (Wildman–Crippen MR) is 87.7 cm³/mol. The van der Waals surface area contributed by atoms with Crippen molar-refractivity contribution in [3.8, 4) is 0 Å². The fourth-order valence-corrected chi connectivity index (χ4v) is 2.94. The molecule has 1 saturated heterocycles. The lowest BCUT2D eigenvalue weighted by Gasteiger charge is -2.16. The van der Waals surface area contributed by atoms with Gasteiger partial charge < -0.3 is 19.1 Å². The number of aromatic nitrogens is 4. The average molecular weight is 345 g/mol.